The van der Waals surface area contributed by atoms with Gasteiger partial charge in [0.15, 0.2) is 0 Å². The van der Waals surface area contributed by atoms with Crippen molar-refractivity contribution in [1.29, 1.82) is 0 Å². The summed E-state index contributed by atoms with van der Waals surface area (Å²) < 4.78 is 5.11. The number of carboxylic acids is 1. The first-order chi connectivity index (χ1) is 8.70. The Balaban J connectivity index is 0.000000711. The van der Waals surface area contributed by atoms with Crippen LogP contribution in [0.15, 0.2) is 30.3 Å². The Hall–Kier alpha value is -2.04. The van der Waals surface area contributed by atoms with Gasteiger partial charge < -0.3 is 15.2 Å². The van der Waals surface area contributed by atoms with Crippen LogP contribution in [0.1, 0.15) is 33.3 Å². The molecule has 0 aromatic heterocycles. The molecule has 1 rings (SSSR count). The van der Waals surface area contributed by atoms with E-state index in [0.29, 0.717) is 6.54 Å². The lowest BCUT2D eigenvalue weighted by molar-refractivity contribution is -0.134. The molecular weight excluding hydrogens is 246 g/mol. The molecule has 0 radical (unpaired) electrons. The maximum atomic E-state index is 11.3. The number of aliphatic carboxylic acids is 1. The average Bonchev–Trinajstić information content (AvgIpc) is 2.25. The van der Waals surface area contributed by atoms with Gasteiger partial charge in [0.25, 0.3) is 5.97 Å². The normalized spacial score (nSPS) is 9.89. The van der Waals surface area contributed by atoms with Gasteiger partial charge in [-0.2, -0.15) is 0 Å². The topological polar surface area (TPSA) is 75.6 Å². The van der Waals surface area contributed by atoms with Crippen LogP contribution < -0.4 is 5.32 Å². The van der Waals surface area contributed by atoms with Gasteiger partial charge in [-0.1, -0.05) is 30.3 Å². The van der Waals surface area contributed by atoms with Crippen LogP contribution in [0.4, 0.5) is 4.79 Å². The third-order valence-electron chi connectivity index (χ3n) is 1.68. The lowest BCUT2D eigenvalue weighted by Gasteiger charge is -2.19. The predicted octanol–water partition coefficient (Wildman–Crippen LogP) is 2.80. The van der Waals surface area contributed by atoms with Crippen molar-refractivity contribution >= 4 is 12.1 Å². The highest BCUT2D eigenvalue weighted by molar-refractivity contribution is 5.67. The highest BCUT2D eigenvalue weighted by atomic mass is 16.6. The summed E-state index contributed by atoms with van der Waals surface area (Å²) in [6.45, 7) is 7.11. The van der Waals surface area contributed by atoms with Crippen LogP contribution in [0.3, 0.4) is 0 Å². The Kier molecular flexibility index (Phi) is 7.26. The van der Waals surface area contributed by atoms with Gasteiger partial charge in [-0.25, -0.2) is 4.79 Å². The minimum Gasteiger partial charge on any atom is -0.481 e. The molecule has 19 heavy (non-hydrogen) atoms. The summed E-state index contributed by atoms with van der Waals surface area (Å²) >= 11 is 0. The minimum atomic E-state index is -0.833. The number of alkyl carbamates (subject to hydrolysis) is 1. The molecule has 1 amide bonds. The fraction of sp³-hybridized carbons (Fsp3) is 0.429. The summed E-state index contributed by atoms with van der Waals surface area (Å²) in [5.41, 5.74) is 0.615. The molecule has 1 aromatic rings. The standard InChI is InChI=1S/C12H17NO2.C2H4O2/c1-12(2,3)15-11(14)13-9-10-7-5-4-6-8-10;1-2(3)4/h4-8H,9H2,1-3H3,(H,13,14);1H3,(H,3,4). The van der Waals surface area contributed by atoms with Gasteiger partial charge >= 0.3 is 6.09 Å². The summed E-state index contributed by atoms with van der Waals surface area (Å²) in [6, 6.07) is 9.73. The van der Waals surface area contributed by atoms with Gasteiger partial charge in [0.1, 0.15) is 5.60 Å². The smallest absolute Gasteiger partial charge is 0.407 e. The first-order valence-corrected chi connectivity index (χ1v) is 5.91. The lowest BCUT2D eigenvalue weighted by atomic mass is 10.2. The summed E-state index contributed by atoms with van der Waals surface area (Å²) in [7, 11) is 0. The molecule has 106 valence electrons. The number of hydrogen-bond donors (Lipinski definition) is 2. The highest BCUT2D eigenvalue weighted by Gasteiger charge is 2.15. The van der Waals surface area contributed by atoms with Crippen LogP contribution in [0.2, 0.25) is 0 Å². The quantitative estimate of drug-likeness (QED) is 0.864. The maximum absolute atomic E-state index is 11.3. The Bertz CT molecular complexity index is 392. The number of amides is 1. The zero-order valence-corrected chi connectivity index (χ0v) is 11.8. The first kappa shape index (κ1) is 17.0. The Morgan fingerprint density at radius 3 is 2.11 bits per heavy atom. The van der Waals surface area contributed by atoms with Gasteiger partial charge in [-0.3, -0.25) is 4.79 Å². The Morgan fingerprint density at radius 2 is 1.68 bits per heavy atom. The van der Waals surface area contributed by atoms with E-state index in [1.165, 1.54) is 0 Å². The van der Waals surface area contributed by atoms with Gasteiger partial charge in [0.05, 0.1) is 0 Å². The molecule has 2 N–H and O–H groups in total. The number of rotatable bonds is 2. The molecule has 0 saturated carbocycles. The number of carbonyl (C=O) groups excluding carboxylic acids is 1. The molecule has 0 aliphatic rings. The minimum absolute atomic E-state index is 0.383. The number of carboxylic acid groups (broad SMARTS) is 1. The van der Waals surface area contributed by atoms with Crippen molar-refractivity contribution in [3.05, 3.63) is 35.9 Å². The van der Waals surface area contributed by atoms with Crippen molar-refractivity contribution in [2.45, 2.75) is 39.8 Å². The number of nitrogens with one attached hydrogen (secondary N) is 1. The van der Waals surface area contributed by atoms with E-state index in [-0.39, 0.29) is 6.09 Å². The van der Waals surface area contributed by atoms with Crippen LogP contribution >= 0.6 is 0 Å². The van der Waals surface area contributed by atoms with Crippen molar-refractivity contribution in [3.8, 4) is 0 Å². The Morgan fingerprint density at radius 1 is 1.21 bits per heavy atom. The third kappa shape index (κ3) is 12.2. The van der Waals surface area contributed by atoms with Gasteiger partial charge in [0, 0.05) is 13.5 Å². The molecule has 0 aliphatic carbocycles. The van der Waals surface area contributed by atoms with E-state index in [0.717, 1.165) is 12.5 Å². The largest absolute Gasteiger partial charge is 0.481 e. The van der Waals surface area contributed by atoms with Crippen LogP contribution in [-0.2, 0) is 16.1 Å². The second-order valence-electron chi connectivity index (χ2n) is 4.86. The zero-order valence-electron chi connectivity index (χ0n) is 11.8. The highest BCUT2D eigenvalue weighted by Crippen LogP contribution is 2.06. The van der Waals surface area contributed by atoms with E-state index in [1.807, 2.05) is 51.1 Å². The van der Waals surface area contributed by atoms with Crippen LogP contribution in [0.25, 0.3) is 0 Å². The Labute approximate surface area is 113 Å². The molecule has 0 bridgehead atoms. The van der Waals surface area contributed by atoms with E-state index < -0.39 is 11.6 Å². The molecular formula is C14H21NO4. The fourth-order valence-corrected chi connectivity index (χ4v) is 1.08. The molecule has 0 aliphatic heterocycles. The molecule has 0 fully saturated rings. The number of carbonyl (C=O) groups is 2. The van der Waals surface area contributed by atoms with Crippen molar-refractivity contribution in [3.63, 3.8) is 0 Å². The molecule has 5 nitrogen and oxygen atoms in total. The molecule has 5 heteroatoms. The molecule has 0 spiro atoms. The number of benzene rings is 1. The molecule has 0 heterocycles. The summed E-state index contributed by atoms with van der Waals surface area (Å²) in [6.07, 6.45) is -0.383. The van der Waals surface area contributed by atoms with Gasteiger partial charge in [-0.05, 0) is 26.3 Å². The third-order valence-corrected chi connectivity index (χ3v) is 1.68. The fourth-order valence-electron chi connectivity index (χ4n) is 1.08. The van der Waals surface area contributed by atoms with Gasteiger partial charge in [-0.15, -0.1) is 0 Å². The number of hydrogen-bond acceptors (Lipinski definition) is 3. The van der Waals surface area contributed by atoms with Crippen molar-refractivity contribution in [2.75, 3.05) is 0 Å². The summed E-state index contributed by atoms with van der Waals surface area (Å²) in [4.78, 5) is 20.3. The zero-order chi connectivity index (χ0) is 14.9. The van der Waals surface area contributed by atoms with Crippen LogP contribution in [-0.4, -0.2) is 22.8 Å². The maximum Gasteiger partial charge on any atom is 0.407 e. The molecule has 0 unspecified atom stereocenters. The van der Waals surface area contributed by atoms with Crippen LogP contribution in [0.5, 0.6) is 0 Å². The second kappa shape index (κ2) is 8.13. The lowest BCUT2D eigenvalue weighted by Crippen LogP contribution is -2.32. The van der Waals surface area contributed by atoms with Crippen molar-refractivity contribution in [2.24, 2.45) is 0 Å². The SMILES string of the molecule is CC(=O)O.CC(C)(C)OC(=O)NCc1ccccc1. The molecule has 0 saturated heterocycles. The monoisotopic (exact) mass is 267 g/mol. The van der Waals surface area contributed by atoms with E-state index in [9.17, 15) is 4.79 Å². The average molecular weight is 267 g/mol. The second-order valence-corrected chi connectivity index (χ2v) is 4.86. The van der Waals surface area contributed by atoms with Crippen molar-refractivity contribution < 1.29 is 19.4 Å². The van der Waals surface area contributed by atoms with E-state index in [4.69, 9.17) is 14.6 Å². The summed E-state index contributed by atoms with van der Waals surface area (Å²) in [5, 5.41) is 10.1. The van der Waals surface area contributed by atoms with E-state index >= 15 is 0 Å². The molecule has 0 atom stereocenters. The van der Waals surface area contributed by atoms with Gasteiger partial charge in [0.2, 0.25) is 0 Å². The van der Waals surface area contributed by atoms with E-state index in [2.05, 4.69) is 5.32 Å². The first-order valence-electron chi connectivity index (χ1n) is 5.91. The van der Waals surface area contributed by atoms with Crippen LogP contribution in [0, 0.1) is 0 Å². The predicted molar refractivity (Wildman–Crippen MR) is 72.8 cm³/mol. The van der Waals surface area contributed by atoms with E-state index in [1.54, 1.807) is 0 Å². The van der Waals surface area contributed by atoms with Crippen molar-refractivity contribution in [1.82, 2.24) is 5.32 Å². The summed E-state index contributed by atoms with van der Waals surface area (Å²) in [5.74, 6) is -0.833. The number of ether oxygens (including phenoxy) is 1. The molecule has 1 aromatic carbocycles.